The standard InChI is InChI=1S/C20H16N4S/c21-10-9-18(22)23-19-11-13-5-1-2-6-14(13)20(24-19)16-12-25-17-8-4-3-7-15(16)17/h1-12H,21H2,(H2,22,23,24)/b10-9-. The van der Waals surface area contributed by atoms with Crippen molar-refractivity contribution in [1.82, 2.24) is 4.98 Å². The van der Waals surface area contributed by atoms with Gasteiger partial charge in [-0.25, -0.2) is 9.98 Å². The molecular formula is C20H16N4S. The predicted molar refractivity (Wildman–Crippen MR) is 107 cm³/mol. The summed E-state index contributed by atoms with van der Waals surface area (Å²) in [5.74, 6) is 0.894. The summed E-state index contributed by atoms with van der Waals surface area (Å²) in [6, 6.07) is 18.5. The largest absolute Gasteiger partial charge is 0.404 e. The van der Waals surface area contributed by atoms with Crippen molar-refractivity contribution in [3.63, 3.8) is 0 Å². The average molecular weight is 344 g/mol. The molecule has 2 aromatic heterocycles. The molecule has 0 aliphatic rings. The van der Waals surface area contributed by atoms with Gasteiger partial charge in [0.1, 0.15) is 5.84 Å². The first-order chi connectivity index (χ1) is 12.3. The zero-order valence-electron chi connectivity index (χ0n) is 13.4. The molecule has 0 spiro atoms. The number of nitrogens with two attached hydrogens (primary N) is 2. The second-order valence-corrected chi connectivity index (χ2v) is 6.50. The molecule has 0 unspecified atom stereocenters. The molecule has 25 heavy (non-hydrogen) atoms. The molecule has 0 saturated heterocycles. The van der Waals surface area contributed by atoms with Gasteiger partial charge in [-0.05, 0) is 29.8 Å². The van der Waals surface area contributed by atoms with Crippen LogP contribution in [0.25, 0.3) is 32.1 Å². The van der Waals surface area contributed by atoms with E-state index in [4.69, 9.17) is 16.5 Å². The molecule has 2 heterocycles. The number of hydrogen-bond donors (Lipinski definition) is 2. The highest BCUT2D eigenvalue weighted by molar-refractivity contribution is 7.17. The molecule has 0 atom stereocenters. The number of aromatic nitrogens is 1. The maximum Gasteiger partial charge on any atom is 0.155 e. The lowest BCUT2D eigenvalue weighted by Crippen LogP contribution is -2.07. The van der Waals surface area contributed by atoms with Crippen LogP contribution in [0, 0.1) is 0 Å². The van der Waals surface area contributed by atoms with Crippen molar-refractivity contribution in [2.45, 2.75) is 0 Å². The van der Waals surface area contributed by atoms with Crippen molar-refractivity contribution in [2.75, 3.05) is 0 Å². The van der Waals surface area contributed by atoms with Crippen molar-refractivity contribution in [1.29, 1.82) is 0 Å². The number of benzene rings is 2. The predicted octanol–water partition coefficient (Wildman–Crippen LogP) is 4.58. The second kappa shape index (κ2) is 6.37. The van der Waals surface area contributed by atoms with E-state index in [1.165, 1.54) is 16.3 Å². The van der Waals surface area contributed by atoms with Crippen molar-refractivity contribution < 1.29 is 0 Å². The van der Waals surface area contributed by atoms with E-state index in [-0.39, 0.29) is 0 Å². The van der Waals surface area contributed by atoms with Crippen molar-refractivity contribution in [3.8, 4) is 11.3 Å². The number of rotatable bonds is 3. The van der Waals surface area contributed by atoms with E-state index in [0.29, 0.717) is 11.7 Å². The number of pyridine rings is 1. The molecule has 0 fully saturated rings. The SMILES string of the molecule is N/C=C\C(N)=N/c1cc2ccccc2c(-c2csc3ccccc23)n1. The summed E-state index contributed by atoms with van der Waals surface area (Å²) in [5, 5.41) is 5.51. The molecular weight excluding hydrogens is 328 g/mol. The summed E-state index contributed by atoms with van der Waals surface area (Å²) in [6.07, 6.45) is 2.92. The normalized spacial score (nSPS) is 12.4. The van der Waals surface area contributed by atoms with Crippen molar-refractivity contribution >= 4 is 43.8 Å². The van der Waals surface area contributed by atoms with Crippen LogP contribution in [-0.4, -0.2) is 10.8 Å². The fourth-order valence-electron chi connectivity index (χ4n) is 2.88. The molecule has 0 aliphatic carbocycles. The Labute approximate surface area is 149 Å². The summed E-state index contributed by atoms with van der Waals surface area (Å²) in [7, 11) is 0. The van der Waals surface area contributed by atoms with Crippen LogP contribution in [0.15, 0.2) is 77.2 Å². The van der Waals surface area contributed by atoms with Gasteiger partial charge in [0.05, 0.1) is 5.69 Å². The van der Waals surface area contributed by atoms with Crippen LogP contribution >= 0.6 is 11.3 Å². The minimum Gasteiger partial charge on any atom is -0.404 e. The molecule has 2 aromatic carbocycles. The summed E-state index contributed by atoms with van der Waals surface area (Å²) in [5.41, 5.74) is 13.3. The first-order valence-corrected chi connectivity index (χ1v) is 8.73. The van der Waals surface area contributed by atoms with Gasteiger partial charge in [-0.3, -0.25) is 0 Å². The third-order valence-electron chi connectivity index (χ3n) is 3.97. The van der Waals surface area contributed by atoms with Gasteiger partial charge in [-0.15, -0.1) is 11.3 Å². The molecule has 4 aromatic rings. The van der Waals surface area contributed by atoms with Gasteiger partial charge in [-0.2, -0.15) is 0 Å². The second-order valence-electron chi connectivity index (χ2n) is 5.59. The Hall–Kier alpha value is -3.18. The number of amidine groups is 1. The molecule has 5 heteroatoms. The van der Waals surface area contributed by atoms with Crippen LogP contribution in [0.5, 0.6) is 0 Å². The van der Waals surface area contributed by atoms with E-state index in [2.05, 4.69) is 40.7 Å². The lowest BCUT2D eigenvalue weighted by Gasteiger charge is -2.07. The number of aliphatic imine (C=N–C) groups is 1. The molecule has 0 radical (unpaired) electrons. The summed E-state index contributed by atoms with van der Waals surface area (Å²) in [4.78, 5) is 9.15. The van der Waals surface area contributed by atoms with E-state index in [1.807, 2.05) is 24.3 Å². The third-order valence-corrected chi connectivity index (χ3v) is 4.94. The van der Waals surface area contributed by atoms with Crippen LogP contribution in [0.1, 0.15) is 0 Å². The molecule has 122 valence electrons. The topological polar surface area (TPSA) is 77.3 Å². The van der Waals surface area contributed by atoms with Crippen molar-refractivity contribution in [3.05, 3.63) is 72.3 Å². The van der Waals surface area contributed by atoms with Gasteiger partial charge < -0.3 is 11.5 Å². The zero-order valence-corrected chi connectivity index (χ0v) is 14.2. The van der Waals surface area contributed by atoms with Gasteiger partial charge in [0, 0.05) is 26.4 Å². The molecule has 0 amide bonds. The fraction of sp³-hybridized carbons (Fsp3) is 0. The van der Waals surface area contributed by atoms with E-state index < -0.39 is 0 Å². The number of fused-ring (bicyclic) bond motifs is 2. The Morgan fingerprint density at radius 1 is 1.04 bits per heavy atom. The van der Waals surface area contributed by atoms with Gasteiger partial charge in [0.2, 0.25) is 0 Å². The Kier molecular flexibility index (Phi) is 3.91. The molecule has 0 aliphatic heterocycles. The maximum atomic E-state index is 5.86. The first kappa shape index (κ1) is 15.4. The van der Waals surface area contributed by atoms with Crippen LogP contribution < -0.4 is 11.5 Å². The van der Waals surface area contributed by atoms with Crippen LogP contribution in [0.4, 0.5) is 5.82 Å². The van der Waals surface area contributed by atoms with Crippen LogP contribution in [0.2, 0.25) is 0 Å². The average Bonchev–Trinajstić information content (AvgIpc) is 3.05. The quantitative estimate of drug-likeness (QED) is 0.422. The lowest BCUT2D eigenvalue weighted by atomic mass is 10.0. The Balaban J connectivity index is 2.00. The third kappa shape index (κ3) is 2.86. The lowest BCUT2D eigenvalue weighted by molar-refractivity contribution is 1.30. The van der Waals surface area contributed by atoms with E-state index in [9.17, 15) is 0 Å². The van der Waals surface area contributed by atoms with Crippen LogP contribution in [-0.2, 0) is 0 Å². The summed E-state index contributed by atoms with van der Waals surface area (Å²) >= 11 is 1.72. The molecule has 0 saturated carbocycles. The van der Waals surface area contributed by atoms with E-state index in [1.54, 1.807) is 17.4 Å². The molecule has 4 nitrogen and oxygen atoms in total. The fourth-order valence-corrected chi connectivity index (χ4v) is 3.82. The van der Waals surface area contributed by atoms with Crippen molar-refractivity contribution in [2.24, 2.45) is 16.5 Å². The summed E-state index contributed by atoms with van der Waals surface area (Å²) < 4.78 is 1.24. The van der Waals surface area contributed by atoms with Gasteiger partial charge in [0.15, 0.2) is 5.82 Å². The smallest absolute Gasteiger partial charge is 0.155 e. The number of hydrogen-bond acceptors (Lipinski definition) is 4. The zero-order chi connectivity index (χ0) is 17.2. The monoisotopic (exact) mass is 344 g/mol. The molecule has 0 bridgehead atoms. The molecule has 4 rings (SSSR count). The Bertz CT molecular complexity index is 1120. The van der Waals surface area contributed by atoms with Gasteiger partial charge in [-0.1, -0.05) is 42.5 Å². The number of thiophene rings is 1. The number of nitrogens with zero attached hydrogens (tertiary/aromatic N) is 2. The highest BCUT2D eigenvalue weighted by atomic mass is 32.1. The van der Waals surface area contributed by atoms with Crippen LogP contribution in [0.3, 0.4) is 0 Å². The van der Waals surface area contributed by atoms with Gasteiger partial charge >= 0.3 is 0 Å². The highest BCUT2D eigenvalue weighted by Crippen LogP contribution is 2.37. The Morgan fingerprint density at radius 2 is 1.80 bits per heavy atom. The van der Waals surface area contributed by atoms with E-state index >= 15 is 0 Å². The molecule has 4 N–H and O–H groups in total. The highest BCUT2D eigenvalue weighted by Gasteiger charge is 2.12. The summed E-state index contributed by atoms with van der Waals surface area (Å²) in [6.45, 7) is 0. The Morgan fingerprint density at radius 3 is 2.64 bits per heavy atom. The van der Waals surface area contributed by atoms with Gasteiger partial charge in [0.25, 0.3) is 0 Å². The first-order valence-electron chi connectivity index (χ1n) is 7.85. The minimum atomic E-state index is 0.325. The minimum absolute atomic E-state index is 0.325. The maximum absolute atomic E-state index is 5.86. The van der Waals surface area contributed by atoms with E-state index in [0.717, 1.165) is 22.0 Å².